The van der Waals surface area contributed by atoms with Crippen LogP contribution in [0.5, 0.6) is 0 Å². The molecule has 0 spiro atoms. The highest BCUT2D eigenvalue weighted by molar-refractivity contribution is 5.84. The normalized spacial score (nSPS) is 19.2. The second-order valence-electron chi connectivity index (χ2n) is 3.35. The number of furan rings is 1. The third-order valence-corrected chi connectivity index (χ3v) is 2.72. The van der Waals surface area contributed by atoms with Gasteiger partial charge in [0.15, 0.2) is 0 Å². The van der Waals surface area contributed by atoms with Crippen molar-refractivity contribution in [2.75, 3.05) is 0 Å². The zero-order valence-electron chi connectivity index (χ0n) is 6.95. The number of fused-ring (bicyclic) bond motifs is 3. The average Bonchev–Trinajstić information content (AvgIpc) is 2.52. The molecule has 0 fully saturated rings. The van der Waals surface area contributed by atoms with Gasteiger partial charge in [0.2, 0.25) is 0 Å². The highest BCUT2D eigenvalue weighted by atomic mass is 16.3. The summed E-state index contributed by atoms with van der Waals surface area (Å²) in [6.45, 7) is 0. The summed E-state index contributed by atoms with van der Waals surface area (Å²) in [5, 5.41) is 9.95. The number of benzene rings is 1. The van der Waals surface area contributed by atoms with Gasteiger partial charge in [-0.2, -0.15) is 5.26 Å². The number of rotatable bonds is 0. The van der Waals surface area contributed by atoms with E-state index in [2.05, 4.69) is 6.07 Å². The lowest BCUT2D eigenvalue weighted by Gasteiger charge is -2.24. The maximum Gasteiger partial charge on any atom is 0.134 e. The molecule has 0 saturated carbocycles. The van der Waals surface area contributed by atoms with E-state index in [0.717, 1.165) is 12.0 Å². The van der Waals surface area contributed by atoms with Gasteiger partial charge < -0.3 is 4.42 Å². The van der Waals surface area contributed by atoms with Crippen LogP contribution in [0.1, 0.15) is 17.0 Å². The summed E-state index contributed by atoms with van der Waals surface area (Å²) in [7, 11) is 0. The standard InChI is InChI=1S/C11H7NO/c12-6-7-5-10-8(7)1-2-11-9(10)3-4-13-11/h1-4,7H,5H2. The van der Waals surface area contributed by atoms with Crippen molar-refractivity contribution >= 4 is 11.0 Å². The largest absolute Gasteiger partial charge is 0.464 e. The van der Waals surface area contributed by atoms with Crippen LogP contribution >= 0.6 is 0 Å². The van der Waals surface area contributed by atoms with Crippen LogP contribution in [0.15, 0.2) is 28.9 Å². The molecule has 1 aromatic heterocycles. The minimum atomic E-state index is 0.106. The van der Waals surface area contributed by atoms with Crippen molar-refractivity contribution in [3.8, 4) is 6.07 Å². The van der Waals surface area contributed by atoms with Crippen molar-refractivity contribution in [2.24, 2.45) is 0 Å². The van der Waals surface area contributed by atoms with Crippen LogP contribution in [0.2, 0.25) is 0 Å². The van der Waals surface area contributed by atoms with Crippen molar-refractivity contribution in [2.45, 2.75) is 12.3 Å². The molecular weight excluding hydrogens is 162 g/mol. The highest BCUT2D eigenvalue weighted by Gasteiger charge is 2.27. The first kappa shape index (κ1) is 6.73. The zero-order valence-corrected chi connectivity index (χ0v) is 6.95. The van der Waals surface area contributed by atoms with Gasteiger partial charge in [-0.25, -0.2) is 0 Å². The van der Waals surface area contributed by atoms with Gasteiger partial charge in [-0.1, -0.05) is 6.07 Å². The molecule has 0 bridgehead atoms. The van der Waals surface area contributed by atoms with Crippen LogP contribution < -0.4 is 0 Å². The van der Waals surface area contributed by atoms with E-state index in [0.29, 0.717) is 0 Å². The minimum absolute atomic E-state index is 0.106. The topological polar surface area (TPSA) is 36.9 Å². The highest BCUT2D eigenvalue weighted by Crippen LogP contribution is 2.39. The van der Waals surface area contributed by atoms with Crippen LogP contribution in [0.25, 0.3) is 11.0 Å². The first-order valence-corrected chi connectivity index (χ1v) is 4.29. The van der Waals surface area contributed by atoms with E-state index in [4.69, 9.17) is 9.68 Å². The summed E-state index contributed by atoms with van der Waals surface area (Å²) in [5.74, 6) is 0.106. The van der Waals surface area contributed by atoms with Crippen molar-refractivity contribution in [3.05, 3.63) is 35.6 Å². The van der Waals surface area contributed by atoms with Crippen molar-refractivity contribution in [3.63, 3.8) is 0 Å². The Morgan fingerprint density at radius 1 is 1.38 bits per heavy atom. The molecule has 1 heterocycles. The maximum absolute atomic E-state index is 8.78. The first-order chi connectivity index (χ1) is 6.40. The second kappa shape index (κ2) is 2.14. The Labute approximate surface area is 75.4 Å². The Balaban J connectivity index is 2.33. The monoisotopic (exact) mass is 169 g/mol. The van der Waals surface area contributed by atoms with E-state index in [9.17, 15) is 0 Å². The summed E-state index contributed by atoms with van der Waals surface area (Å²) in [5.41, 5.74) is 3.39. The van der Waals surface area contributed by atoms with E-state index in [1.165, 1.54) is 16.5 Å². The lowest BCUT2D eigenvalue weighted by atomic mass is 9.77. The van der Waals surface area contributed by atoms with Gasteiger partial charge in [-0.15, -0.1) is 0 Å². The number of nitriles is 1. The third-order valence-electron chi connectivity index (χ3n) is 2.72. The smallest absolute Gasteiger partial charge is 0.134 e. The van der Waals surface area contributed by atoms with E-state index in [-0.39, 0.29) is 5.92 Å². The Morgan fingerprint density at radius 2 is 2.31 bits per heavy atom. The molecule has 2 aromatic rings. The molecule has 0 amide bonds. The third kappa shape index (κ3) is 0.714. The number of hydrogen-bond acceptors (Lipinski definition) is 2. The molecule has 1 aromatic carbocycles. The van der Waals surface area contributed by atoms with Gasteiger partial charge >= 0.3 is 0 Å². The van der Waals surface area contributed by atoms with Gasteiger partial charge in [0.25, 0.3) is 0 Å². The van der Waals surface area contributed by atoms with Gasteiger partial charge in [0.05, 0.1) is 18.3 Å². The van der Waals surface area contributed by atoms with Crippen LogP contribution in [-0.4, -0.2) is 0 Å². The van der Waals surface area contributed by atoms with Crippen LogP contribution in [-0.2, 0) is 6.42 Å². The van der Waals surface area contributed by atoms with E-state index in [1.54, 1.807) is 6.26 Å². The molecule has 1 aliphatic rings. The molecule has 13 heavy (non-hydrogen) atoms. The lowest BCUT2D eigenvalue weighted by molar-refractivity contribution is 0.614. The van der Waals surface area contributed by atoms with Crippen molar-refractivity contribution in [1.82, 2.24) is 0 Å². The molecule has 3 rings (SSSR count). The molecule has 1 atom stereocenters. The minimum Gasteiger partial charge on any atom is -0.464 e. The average molecular weight is 169 g/mol. The molecule has 0 saturated heterocycles. The fourth-order valence-electron chi connectivity index (χ4n) is 1.97. The summed E-state index contributed by atoms with van der Waals surface area (Å²) in [6, 6.07) is 8.20. The lowest BCUT2D eigenvalue weighted by Crippen LogP contribution is -2.15. The Morgan fingerprint density at radius 3 is 3.15 bits per heavy atom. The van der Waals surface area contributed by atoms with Crippen LogP contribution in [0, 0.1) is 11.3 Å². The van der Waals surface area contributed by atoms with Gasteiger partial charge in [-0.05, 0) is 29.7 Å². The van der Waals surface area contributed by atoms with Crippen molar-refractivity contribution < 1.29 is 4.42 Å². The van der Waals surface area contributed by atoms with Crippen molar-refractivity contribution in [1.29, 1.82) is 5.26 Å². The summed E-state index contributed by atoms with van der Waals surface area (Å²) in [4.78, 5) is 0. The molecule has 0 radical (unpaired) electrons. The van der Waals surface area contributed by atoms with E-state index >= 15 is 0 Å². The van der Waals surface area contributed by atoms with Crippen LogP contribution in [0.3, 0.4) is 0 Å². The SMILES string of the molecule is N#CC1Cc2c1ccc1occc21. The van der Waals surface area contributed by atoms with E-state index in [1.807, 2.05) is 18.2 Å². The number of nitrogens with zero attached hydrogens (tertiary/aromatic N) is 1. The summed E-state index contributed by atoms with van der Waals surface area (Å²) in [6.07, 6.45) is 2.58. The summed E-state index contributed by atoms with van der Waals surface area (Å²) >= 11 is 0. The van der Waals surface area contributed by atoms with Gasteiger partial charge in [-0.3, -0.25) is 0 Å². The molecule has 1 aliphatic carbocycles. The predicted molar refractivity (Wildman–Crippen MR) is 48.3 cm³/mol. The Kier molecular flexibility index (Phi) is 1.11. The molecule has 0 aliphatic heterocycles. The Bertz CT molecular complexity index is 518. The molecular formula is C11H7NO. The number of hydrogen-bond donors (Lipinski definition) is 0. The fraction of sp³-hybridized carbons (Fsp3) is 0.182. The summed E-state index contributed by atoms with van der Waals surface area (Å²) < 4.78 is 5.27. The Hall–Kier alpha value is -1.75. The maximum atomic E-state index is 8.78. The quantitative estimate of drug-likeness (QED) is 0.607. The fourth-order valence-corrected chi connectivity index (χ4v) is 1.97. The second-order valence-corrected chi connectivity index (χ2v) is 3.35. The van der Waals surface area contributed by atoms with Gasteiger partial charge in [0, 0.05) is 5.39 Å². The van der Waals surface area contributed by atoms with Crippen LogP contribution in [0.4, 0.5) is 0 Å². The molecule has 2 nitrogen and oxygen atoms in total. The predicted octanol–water partition coefficient (Wildman–Crippen LogP) is 2.60. The molecule has 62 valence electrons. The zero-order chi connectivity index (χ0) is 8.84. The molecule has 0 N–H and O–H groups in total. The first-order valence-electron chi connectivity index (χ1n) is 4.29. The molecule has 1 unspecified atom stereocenters. The van der Waals surface area contributed by atoms with Gasteiger partial charge in [0.1, 0.15) is 5.58 Å². The van der Waals surface area contributed by atoms with E-state index < -0.39 is 0 Å². The molecule has 2 heteroatoms.